The van der Waals surface area contributed by atoms with Gasteiger partial charge in [-0.1, -0.05) is 0 Å². The highest BCUT2D eigenvalue weighted by molar-refractivity contribution is 14.1. The van der Waals surface area contributed by atoms with Gasteiger partial charge in [0, 0.05) is 16.6 Å². The first-order chi connectivity index (χ1) is 8.72. The molecule has 18 heavy (non-hydrogen) atoms. The first-order valence-corrected chi connectivity index (χ1v) is 8.99. The van der Waals surface area contributed by atoms with Crippen LogP contribution in [0.15, 0.2) is 42.6 Å². The molecule has 3 rings (SSSR count). The molecule has 3 heterocycles. The molecule has 0 radical (unpaired) electrons. The van der Waals surface area contributed by atoms with E-state index in [9.17, 15) is 0 Å². The predicted molar refractivity (Wildman–Crippen MR) is 96.3 cm³/mol. The van der Waals surface area contributed by atoms with Crippen LogP contribution in [0.2, 0.25) is 0 Å². The SMILES string of the molecule is Ic1ccc(-c2ccc(-c3ccc(I)s3)nc2)s1. The molecule has 3 aromatic heterocycles. The highest BCUT2D eigenvalue weighted by atomic mass is 127. The Morgan fingerprint density at radius 1 is 0.778 bits per heavy atom. The van der Waals surface area contributed by atoms with Gasteiger partial charge in [0.2, 0.25) is 0 Å². The monoisotopic (exact) mass is 495 g/mol. The summed E-state index contributed by atoms with van der Waals surface area (Å²) in [5.74, 6) is 0. The molecule has 0 aliphatic carbocycles. The van der Waals surface area contributed by atoms with Crippen molar-refractivity contribution in [3.63, 3.8) is 0 Å². The van der Waals surface area contributed by atoms with Gasteiger partial charge in [0.15, 0.2) is 0 Å². The fraction of sp³-hybridized carbons (Fsp3) is 0. The van der Waals surface area contributed by atoms with Crippen LogP contribution in [-0.4, -0.2) is 4.98 Å². The molecule has 0 aromatic carbocycles. The normalized spacial score (nSPS) is 10.8. The summed E-state index contributed by atoms with van der Waals surface area (Å²) in [6.45, 7) is 0. The van der Waals surface area contributed by atoms with Crippen molar-refractivity contribution < 1.29 is 0 Å². The first kappa shape index (κ1) is 13.0. The maximum absolute atomic E-state index is 4.56. The second kappa shape index (κ2) is 5.56. The molecule has 3 aromatic rings. The molecule has 0 saturated carbocycles. The molecule has 0 unspecified atom stereocenters. The van der Waals surface area contributed by atoms with Gasteiger partial charge in [0.1, 0.15) is 0 Å². The quantitative estimate of drug-likeness (QED) is 0.413. The number of nitrogens with zero attached hydrogens (tertiary/aromatic N) is 1. The maximum Gasteiger partial charge on any atom is 0.0802 e. The van der Waals surface area contributed by atoms with E-state index < -0.39 is 0 Å². The van der Waals surface area contributed by atoms with Crippen molar-refractivity contribution in [3.8, 4) is 21.0 Å². The predicted octanol–water partition coefficient (Wildman–Crippen LogP) is 5.75. The van der Waals surface area contributed by atoms with Gasteiger partial charge in [-0.05, 0) is 81.6 Å². The van der Waals surface area contributed by atoms with E-state index in [4.69, 9.17) is 0 Å². The first-order valence-electron chi connectivity index (χ1n) is 5.20. The van der Waals surface area contributed by atoms with Crippen LogP contribution in [0.3, 0.4) is 0 Å². The molecule has 0 aliphatic rings. The zero-order valence-electron chi connectivity index (χ0n) is 9.06. The molecule has 5 heteroatoms. The summed E-state index contributed by atoms with van der Waals surface area (Å²) < 4.78 is 2.60. The summed E-state index contributed by atoms with van der Waals surface area (Å²) in [5.41, 5.74) is 2.25. The van der Waals surface area contributed by atoms with Gasteiger partial charge in [0.25, 0.3) is 0 Å². The summed E-state index contributed by atoms with van der Waals surface area (Å²) in [6.07, 6.45) is 1.96. The number of hydrogen-bond acceptors (Lipinski definition) is 3. The van der Waals surface area contributed by atoms with E-state index in [0.29, 0.717) is 0 Å². The Kier molecular flexibility index (Phi) is 4.02. The van der Waals surface area contributed by atoms with Gasteiger partial charge in [-0.15, -0.1) is 22.7 Å². The minimum Gasteiger partial charge on any atom is -0.255 e. The topological polar surface area (TPSA) is 12.9 Å². The zero-order chi connectivity index (χ0) is 12.5. The Balaban J connectivity index is 1.94. The van der Waals surface area contributed by atoms with Gasteiger partial charge in [-0.3, -0.25) is 4.98 Å². The third-order valence-electron chi connectivity index (χ3n) is 2.45. The van der Waals surface area contributed by atoms with Crippen LogP contribution in [-0.2, 0) is 0 Å². The minimum atomic E-state index is 1.05. The summed E-state index contributed by atoms with van der Waals surface area (Å²) >= 11 is 8.25. The van der Waals surface area contributed by atoms with Crippen LogP contribution in [0.5, 0.6) is 0 Å². The van der Waals surface area contributed by atoms with Crippen LogP contribution >= 0.6 is 67.9 Å². The summed E-state index contributed by atoms with van der Waals surface area (Å²) in [7, 11) is 0. The zero-order valence-corrected chi connectivity index (χ0v) is 15.0. The lowest BCUT2D eigenvalue weighted by atomic mass is 10.2. The van der Waals surface area contributed by atoms with Crippen LogP contribution in [0, 0.1) is 5.77 Å². The fourth-order valence-electron chi connectivity index (χ4n) is 1.61. The third-order valence-corrected chi connectivity index (χ3v) is 6.31. The molecule has 1 nitrogen and oxygen atoms in total. The Hall–Kier alpha value is 0.01000. The fourth-order valence-corrected chi connectivity index (χ4v) is 4.82. The molecule has 0 amide bonds. The van der Waals surface area contributed by atoms with Gasteiger partial charge in [0.05, 0.1) is 16.3 Å². The van der Waals surface area contributed by atoms with Gasteiger partial charge >= 0.3 is 0 Å². The molecule has 0 saturated heterocycles. The highest BCUT2D eigenvalue weighted by Crippen LogP contribution is 2.31. The van der Waals surface area contributed by atoms with Crippen LogP contribution < -0.4 is 0 Å². The minimum absolute atomic E-state index is 1.05. The standard InChI is InChI=1S/C13H7I2NS2/c14-12-5-3-10(17-12)8-1-2-9(16-7-8)11-4-6-13(15)18-11/h1-7H. The summed E-state index contributed by atoms with van der Waals surface area (Å²) in [4.78, 5) is 7.06. The lowest BCUT2D eigenvalue weighted by Gasteiger charge is -1.99. The molecule has 0 spiro atoms. The number of halogens is 2. The van der Waals surface area contributed by atoms with E-state index in [1.165, 1.54) is 21.1 Å². The van der Waals surface area contributed by atoms with E-state index in [1.807, 2.05) is 6.20 Å². The van der Waals surface area contributed by atoms with E-state index in [0.717, 1.165) is 5.69 Å². The van der Waals surface area contributed by atoms with E-state index in [2.05, 4.69) is 86.6 Å². The number of hydrogen-bond donors (Lipinski definition) is 0. The Bertz CT molecular complexity index is 611. The Labute approximate surface area is 141 Å². The van der Waals surface area contributed by atoms with E-state index >= 15 is 0 Å². The second-order valence-corrected chi connectivity index (χ2v) is 9.60. The Morgan fingerprint density at radius 3 is 1.94 bits per heavy atom. The lowest BCUT2D eigenvalue weighted by Crippen LogP contribution is -1.80. The smallest absolute Gasteiger partial charge is 0.0802 e. The average molecular weight is 495 g/mol. The van der Waals surface area contributed by atoms with Crippen molar-refractivity contribution in [2.24, 2.45) is 0 Å². The van der Waals surface area contributed by atoms with Gasteiger partial charge in [-0.2, -0.15) is 0 Å². The van der Waals surface area contributed by atoms with Gasteiger partial charge < -0.3 is 0 Å². The lowest BCUT2D eigenvalue weighted by molar-refractivity contribution is 1.34. The van der Waals surface area contributed by atoms with Crippen molar-refractivity contribution in [1.82, 2.24) is 4.98 Å². The highest BCUT2D eigenvalue weighted by Gasteiger charge is 2.05. The van der Waals surface area contributed by atoms with E-state index in [1.54, 1.807) is 22.7 Å². The number of thiophene rings is 2. The molecule has 0 aliphatic heterocycles. The number of pyridine rings is 1. The van der Waals surface area contributed by atoms with Crippen molar-refractivity contribution in [2.75, 3.05) is 0 Å². The molecule has 90 valence electrons. The van der Waals surface area contributed by atoms with Gasteiger partial charge in [-0.25, -0.2) is 0 Å². The van der Waals surface area contributed by atoms with Crippen LogP contribution in [0.25, 0.3) is 21.0 Å². The van der Waals surface area contributed by atoms with E-state index in [-0.39, 0.29) is 0 Å². The van der Waals surface area contributed by atoms with Crippen molar-refractivity contribution in [2.45, 2.75) is 0 Å². The second-order valence-electron chi connectivity index (χ2n) is 3.64. The molecule has 0 atom stereocenters. The molecular weight excluding hydrogens is 488 g/mol. The third kappa shape index (κ3) is 2.78. The number of aromatic nitrogens is 1. The molecule has 0 N–H and O–H groups in total. The Morgan fingerprint density at radius 2 is 1.44 bits per heavy atom. The summed E-state index contributed by atoms with van der Waals surface area (Å²) in [6, 6.07) is 12.8. The van der Waals surface area contributed by atoms with Crippen molar-refractivity contribution in [1.29, 1.82) is 0 Å². The van der Waals surface area contributed by atoms with Crippen LogP contribution in [0.4, 0.5) is 0 Å². The van der Waals surface area contributed by atoms with Crippen LogP contribution in [0.1, 0.15) is 0 Å². The summed E-state index contributed by atoms with van der Waals surface area (Å²) in [5, 5.41) is 0. The van der Waals surface area contributed by atoms with Crippen molar-refractivity contribution >= 4 is 67.9 Å². The molecule has 0 bridgehead atoms. The molecular formula is C13H7I2NS2. The average Bonchev–Trinajstić information content (AvgIpc) is 2.98. The van der Waals surface area contributed by atoms with Crippen molar-refractivity contribution in [3.05, 3.63) is 48.4 Å². The maximum atomic E-state index is 4.56. The largest absolute Gasteiger partial charge is 0.255 e. The number of rotatable bonds is 2. The molecule has 0 fully saturated rings.